The zero-order valence-corrected chi connectivity index (χ0v) is 17.3. The molecule has 146 valence electrons. The van der Waals surface area contributed by atoms with E-state index in [1.54, 1.807) is 0 Å². The molecule has 0 spiro atoms. The van der Waals surface area contributed by atoms with Crippen LogP contribution in [0.1, 0.15) is 59.7 Å². The van der Waals surface area contributed by atoms with E-state index in [1.165, 1.54) is 45.9 Å². The van der Waals surface area contributed by atoms with E-state index in [-0.39, 0.29) is 6.04 Å². The number of hydrogen-bond donors (Lipinski definition) is 2. The molecule has 0 radical (unpaired) electrons. The SMILES string of the molecule is Cc1cccc([C@@H](C)Nc2nnc(C)c3ccc(C4CCNCC4)cc23)c1C. The number of aryl methyl sites for hydroxylation is 2. The Labute approximate surface area is 167 Å². The first-order valence-corrected chi connectivity index (χ1v) is 10.3. The molecular weight excluding hydrogens is 344 g/mol. The Bertz CT molecular complexity index is 989. The van der Waals surface area contributed by atoms with Crippen LogP contribution in [0.5, 0.6) is 0 Å². The fourth-order valence-electron chi connectivity index (χ4n) is 4.35. The van der Waals surface area contributed by atoms with E-state index in [1.807, 2.05) is 6.92 Å². The first-order chi connectivity index (χ1) is 13.5. The predicted octanol–water partition coefficient (Wildman–Crippen LogP) is 5.20. The van der Waals surface area contributed by atoms with Crippen LogP contribution in [0.15, 0.2) is 36.4 Å². The van der Waals surface area contributed by atoms with Crippen molar-refractivity contribution in [3.8, 4) is 0 Å². The van der Waals surface area contributed by atoms with Gasteiger partial charge in [0.05, 0.1) is 11.7 Å². The number of fused-ring (bicyclic) bond motifs is 1. The molecule has 0 bridgehead atoms. The Morgan fingerprint density at radius 1 is 1.00 bits per heavy atom. The van der Waals surface area contributed by atoms with Crippen LogP contribution in [0.4, 0.5) is 5.82 Å². The van der Waals surface area contributed by atoms with Crippen LogP contribution in [0.25, 0.3) is 10.8 Å². The van der Waals surface area contributed by atoms with Gasteiger partial charge in [0.15, 0.2) is 5.82 Å². The van der Waals surface area contributed by atoms with Crippen molar-refractivity contribution in [2.75, 3.05) is 18.4 Å². The molecule has 2 aromatic carbocycles. The van der Waals surface area contributed by atoms with E-state index in [0.29, 0.717) is 5.92 Å². The highest BCUT2D eigenvalue weighted by Gasteiger charge is 2.18. The summed E-state index contributed by atoms with van der Waals surface area (Å²) in [5, 5.41) is 18.4. The highest BCUT2D eigenvalue weighted by Crippen LogP contribution is 2.32. The summed E-state index contributed by atoms with van der Waals surface area (Å²) in [5.41, 5.74) is 6.37. The minimum absolute atomic E-state index is 0.169. The molecule has 28 heavy (non-hydrogen) atoms. The molecule has 1 aliphatic rings. The average Bonchev–Trinajstić information content (AvgIpc) is 2.72. The van der Waals surface area contributed by atoms with E-state index in [2.05, 4.69) is 78.0 Å². The summed E-state index contributed by atoms with van der Waals surface area (Å²) >= 11 is 0. The number of benzene rings is 2. The minimum atomic E-state index is 0.169. The highest BCUT2D eigenvalue weighted by atomic mass is 15.2. The van der Waals surface area contributed by atoms with Crippen molar-refractivity contribution >= 4 is 16.6 Å². The quantitative estimate of drug-likeness (QED) is 0.659. The van der Waals surface area contributed by atoms with Gasteiger partial charge >= 0.3 is 0 Å². The number of nitrogens with zero attached hydrogens (tertiary/aromatic N) is 2. The molecule has 1 saturated heterocycles. The second-order valence-corrected chi connectivity index (χ2v) is 8.12. The molecule has 0 amide bonds. The molecule has 4 rings (SSSR count). The highest BCUT2D eigenvalue weighted by molar-refractivity contribution is 5.93. The van der Waals surface area contributed by atoms with Gasteiger partial charge in [-0.25, -0.2) is 0 Å². The van der Waals surface area contributed by atoms with Crippen molar-refractivity contribution < 1.29 is 0 Å². The lowest BCUT2D eigenvalue weighted by atomic mass is 9.89. The topological polar surface area (TPSA) is 49.8 Å². The standard InChI is InChI=1S/C24H30N4/c1-15-6-5-7-21(16(15)2)17(3)26-24-23-14-20(19-10-12-25-13-11-19)8-9-22(23)18(4)27-28-24/h5-9,14,17,19,25H,10-13H2,1-4H3,(H,26,28)/t17-/m1/s1. The molecule has 0 unspecified atom stereocenters. The zero-order valence-electron chi connectivity index (χ0n) is 17.3. The molecule has 3 aromatic rings. The van der Waals surface area contributed by atoms with Crippen LogP contribution >= 0.6 is 0 Å². The van der Waals surface area contributed by atoms with Gasteiger partial charge in [0.1, 0.15) is 0 Å². The smallest absolute Gasteiger partial charge is 0.157 e. The number of aromatic nitrogens is 2. The molecular formula is C24H30N4. The number of hydrogen-bond acceptors (Lipinski definition) is 4. The molecule has 2 heterocycles. The van der Waals surface area contributed by atoms with Crippen molar-refractivity contribution in [1.29, 1.82) is 0 Å². The third kappa shape index (κ3) is 3.61. The Morgan fingerprint density at radius 3 is 2.57 bits per heavy atom. The molecule has 0 aliphatic carbocycles. The van der Waals surface area contributed by atoms with Crippen LogP contribution in [0.2, 0.25) is 0 Å². The fourth-order valence-corrected chi connectivity index (χ4v) is 4.35. The van der Waals surface area contributed by atoms with Crippen molar-refractivity contribution in [3.63, 3.8) is 0 Å². The monoisotopic (exact) mass is 374 g/mol. The maximum atomic E-state index is 4.54. The van der Waals surface area contributed by atoms with Crippen molar-refractivity contribution in [1.82, 2.24) is 15.5 Å². The summed E-state index contributed by atoms with van der Waals surface area (Å²) in [4.78, 5) is 0. The first kappa shape index (κ1) is 18.9. The molecule has 1 fully saturated rings. The maximum Gasteiger partial charge on any atom is 0.157 e. The van der Waals surface area contributed by atoms with Crippen LogP contribution in [-0.4, -0.2) is 23.3 Å². The second-order valence-electron chi connectivity index (χ2n) is 8.12. The average molecular weight is 375 g/mol. The molecule has 1 aromatic heterocycles. The van der Waals surface area contributed by atoms with Crippen LogP contribution in [0, 0.1) is 20.8 Å². The minimum Gasteiger partial charge on any atom is -0.362 e. The Hall–Kier alpha value is -2.46. The number of rotatable bonds is 4. The lowest BCUT2D eigenvalue weighted by Crippen LogP contribution is -2.26. The van der Waals surface area contributed by atoms with Crippen LogP contribution in [-0.2, 0) is 0 Å². The van der Waals surface area contributed by atoms with E-state index >= 15 is 0 Å². The van der Waals surface area contributed by atoms with Gasteiger partial charge in [0, 0.05) is 10.8 Å². The fraction of sp³-hybridized carbons (Fsp3) is 0.417. The third-order valence-corrected chi connectivity index (χ3v) is 6.27. The zero-order chi connectivity index (χ0) is 19.7. The summed E-state index contributed by atoms with van der Waals surface area (Å²) < 4.78 is 0. The van der Waals surface area contributed by atoms with E-state index in [9.17, 15) is 0 Å². The normalized spacial score (nSPS) is 16.3. The first-order valence-electron chi connectivity index (χ1n) is 10.3. The van der Waals surface area contributed by atoms with Gasteiger partial charge in [-0.05, 0) is 87.9 Å². The maximum absolute atomic E-state index is 4.54. The predicted molar refractivity (Wildman–Crippen MR) is 117 cm³/mol. The molecule has 2 N–H and O–H groups in total. The van der Waals surface area contributed by atoms with Crippen molar-refractivity contribution in [2.45, 2.75) is 52.5 Å². The van der Waals surface area contributed by atoms with Gasteiger partial charge in [-0.2, -0.15) is 5.10 Å². The largest absolute Gasteiger partial charge is 0.362 e. The number of nitrogens with one attached hydrogen (secondary N) is 2. The molecule has 1 atom stereocenters. The summed E-state index contributed by atoms with van der Waals surface area (Å²) in [5.74, 6) is 1.51. The van der Waals surface area contributed by atoms with Crippen LogP contribution < -0.4 is 10.6 Å². The molecule has 4 heteroatoms. The van der Waals surface area contributed by atoms with Crippen LogP contribution in [0.3, 0.4) is 0 Å². The summed E-state index contributed by atoms with van der Waals surface area (Å²) in [6, 6.07) is 13.5. The summed E-state index contributed by atoms with van der Waals surface area (Å²) in [7, 11) is 0. The number of anilines is 1. The lowest BCUT2D eigenvalue weighted by Gasteiger charge is -2.24. The van der Waals surface area contributed by atoms with Gasteiger partial charge in [-0.1, -0.05) is 30.3 Å². The Balaban J connectivity index is 1.71. The lowest BCUT2D eigenvalue weighted by molar-refractivity contribution is 0.460. The van der Waals surface area contributed by atoms with Gasteiger partial charge in [-0.15, -0.1) is 5.10 Å². The Kier molecular flexibility index (Phi) is 5.31. The van der Waals surface area contributed by atoms with E-state index in [4.69, 9.17) is 0 Å². The van der Waals surface area contributed by atoms with E-state index < -0.39 is 0 Å². The van der Waals surface area contributed by atoms with Gasteiger partial charge in [0.25, 0.3) is 0 Å². The summed E-state index contributed by atoms with van der Waals surface area (Å²) in [6.45, 7) is 10.8. The van der Waals surface area contributed by atoms with Gasteiger partial charge in [0.2, 0.25) is 0 Å². The summed E-state index contributed by atoms with van der Waals surface area (Å²) in [6.07, 6.45) is 2.40. The van der Waals surface area contributed by atoms with E-state index in [0.717, 1.165) is 24.6 Å². The van der Waals surface area contributed by atoms with Gasteiger partial charge < -0.3 is 10.6 Å². The van der Waals surface area contributed by atoms with Gasteiger partial charge in [-0.3, -0.25) is 0 Å². The van der Waals surface area contributed by atoms with Crippen molar-refractivity contribution in [3.05, 3.63) is 64.3 Å². The molecule has 0 saturated carbocycles. The number of piperidine rings is 1. The molecule has 1 aliphatic heterocycles. The molecule has 4 nitrogen and oxygen atoms in total. The Morgan fingerprint density at radius 2 is 1.79 bits per heavy atom. The second kappa shape index (κ2) is 7.88. The van der Waals surface area contributed by atoms with Crippen molar-refractivity contribution in [2.24, 2.45) is 0 Å². The third-order valence-electron chi connectivity index (χ3n) is 6.27.